The first kappa shape index (κ1) is 9.45. The molecule has 0 aromatic rings. The molecule has 1 aliphatic carbocycles. The van der Waals surface area contributed by atoms with Crippen LogP contribution in [0.25, 0.3) is 0 Å². The number of hydrogen-bond donors (Lipinski definition) is 1. The molecular weight excluding hydrogens is 165 g/mol. The van der Waals surface area contributed by atoms with Gasteiger partial charge in [0.05, 0.1) is 0 Å². The summed E-state index contributed by atoms with van der Waals surface area (Å²) >= 11 is 0. The molecule has 2 heteroatoms. The van der Waals surface area contributed by atoms with Crippen LogP contribution in [0.4, 0.5) is 4.39 Å². The van der Waals surface area contributed by atoms with Gasteiger partial charge in [-0.1, -0.05) is 6.42 Å². The fourth-order valence-electron chi connectivity index (χ4n) is 2.44. The Balaban J connectivity index is 1.69. The molecule has 2 aliphatic rings. The van der Waals surface area contributed by atoms with Crippen molar-refractivity contribution in [3.8, 4) is 0 Å². The monoisotopic (exact) mass is 185 g/mol. The minimum Gasteiger partial charge on any atom is -0.316 e. The molecule has 1 aliphatic heterocycles. The molecule has 2 atom stereocenters. The van der Waals surface area contributed by atoms with Crippen LogP contribution in [0.1, 0.15) is 38.5 Å². The largest absolute Gasteiger partial charge is 0.316 e. The van der Waals surface area contributed by atoms with E-state index < -0.39 is 6.17 Å². The second-order valence-electron chi connectivity index (χ2n) is 4.66. The topological polar surface area (TPSA) is 12.0 Å². The highest BCUT2D eigenvalue weighted by Gasteiger charge is 2.29. The van der Waals surface area contributed by atoms with Crippen LogP contribution in [0.3, 0.4) is 0 Å². The fourth-order valence-corrected chi connectivity index (χ4v) is 2.44. The van der Waals surface area contributed by atoms with Crippen LogP contribution in [0.2, 0.25) is 0 Å². The van der Waals surface area contributed by atoms with E-state index in [1.807, 2.05) is 0 Å². The van der Waals surface area contributed by atoms with E-state index in [0.29, 0.717) is 11.8 Å². The zero-order chi connectivity index (χ0) is 9.10. The zero-order valence-electron chi connectivity index (χ0n) is 8.27. The smallest absolute Gasteiger partial charge is 0.103 e. The van der Waals surface area contributed by atoms with Crippen LogP contribution in [0.15, 0.2) is 0 Å². The lowest BCUT2D eigenvalue weighted by Crippen LogP contribution is -2.33. The molecule has 2 unspecified atom stereocenters. The van der Waals surface area contributed by atoms with E-state index in [2.05, 4.69) is 5.32 Å². The summed E-state index contributed by atoms with van der Waals surface area (Å²) < 4.78 is 13.6. The Kier molecular flexibility index (Phi) is 3.20. The summed E-state index contributed by atoms with van der Waals surface area (Å²) in [4.78, 5) is 0. The number of nitrogens with one attached hydrogen (secondary N) is 1. The van der Waals surface area contributed by atoms with E-state index in [4.69, 9.17) is 0 Å². The minimum atomic E-state index is -0.501. The van der Waals surface area contributed by atoms with Gasteiger partial charge < -0.3 is 5.32 Å². The fraction of sp³-hybridized carbons (Fsp3) is 1.00. The van der Waals surface area contributed by atoms with Gasteiger partial charge in [0.1, 0.15) is 6.17 Å². The normalized spacial score (nSPS) is 32.5. The first-order valence-electron chi connectivity index (χ1n) is 5.71. The van der Waals surface area contributed by atoms with E-state index >= 15 is 0 Å². The molecule has 13 heavy (non-hydrogen) atoms. The molecule has 1 N–H and O–H groups in total. The summed E-state index contributed by atoms with van der Waals surface area (Å²) in [5.74, 6) is 1.03. The second-order valence-corrected chi connectivity index (χ2v) is 4.66. The Morgan fingerprint density at radius 1 is 1.23 bits per heavy atom. The van der Waals surface area contributed by atoms with E-state index in [9.17, 15) is 4.39 Å². The predicted molar refractivity (Wildman–Crippen MR) is 52.4 cm³/mol. The molecular formula is C11H20FN. The number of piperidine rings is 1. The third kappa shape index (κ3) is 2.43. The van der Waals surface area contributed by atoms with Gasteiger partial charge in [0.2, 0.25) is 0 Å². The lowest BCUT2D eigenvalue weighted by Gasteiger charge is -2.32. The standard InChI is InChI=1S/C11H20FN/c12-11(10-4-1-5-10)7-9-3-2-6-13-8-9/h9-11,13H,1-8H2. The lowest BCUT2D eigenvalue weighted by atomic mass is 9.78. The molecule has 1 saturated heterocycles. The van der Waals surface area contributed by atoms with Crippen molar-refractivity contribution in [3.05, 3.63) is 0 Å². The summed E-state index contributed by atoms with van der Waals surface area (Å²) in [6.07, 6.45) is 6.33. The van der Waals surface area contributed by atoms with Crippen molar-refractivity contribution < 1.29 is 4.39 Å². The summed E-state index contributed by atoms with van der Waals surface area (Å²) in [5.41, 5.74) is 0. The maximum atomic E-state index is 13.6. The highest BCUT2D eigenvalue weighted by Crippen LogP contribution is 2.34. The van der Waals surface area contributed by atoms with Gasteiger partial charge in [0.15, 0.2) is 0 Å². The van der Waals surface area contributed by atoms with Crippen LogP contribution in [-0.4, -0.2) is 19.3 Å². The van der Waals surface area contributed by atoms with Crippen LogP contribution < -0.4 is 5.32 Å². The summed E-state index contributed by atoms with van der Waals surface area (Å²) in [6, 6.07) is 0. The van der Waals surface area contributed by atoms with Gasteiger partial charge in [-0.3, -0.25) is 0 Å². The van der Waals surface area contributed by atoms with Crippen molar-refractivity contribution in [1.82, 2.24) is 5.32 Å². The zero-order valence-corrected chi connectivity index (χ0v) is 8.27. The van der Waals surface area contributed by atoms with Gasteiger partial charge in [0, 0.05) is 0 Å². The Morgan fingerprint density at radius 2 is 2.08 bits per heavy atom. The molecule has 1 heterocycles. The molecule has 2 rings (SSSR count). The van der Waals surface area contributed by atoms with Crippen molar-refractivity contribution >= 4 is 0 Å². The van der Waals surface area contributed by atoms with Crippen molar-refractivity contribution in [1.29, 1.82) is 0 Å². The lowest BCUT2D eigenvalue weighted by molar-refractivity contribution is 0.116. The van der Waals surface area contributed by atoms with Crippen molar-refractivity contribution in [2.45, 2.75) is 44.7 Å². The molecule has 0 radical (unpaired) electrons. The molecule has 0 bridgehead atoms. The van der Waals surface area contributed by atoms with Gasteiger partial charge in [-0.15, -0.1) is 0 Å². The molecule has 2 fully saturated rings. The summed E-state index contributed by atoms with van der Waals surface area (Å²) in [5, 5.41) is 3.35. The van der Waals surface area contributed by atoms with E-state index in [0.717, 1.165) is 32.4 Å². The molecule has 0 aromatic carbocycles. The van der Waals surface area contributed by atoms with Crippen molar-refractivity contribution in [3.63, 3.8) is 0 Å². The first-order chi connectivity index (χ1) is 6.36. The average Bonchev–Trinajstić information content (AvgIpc) is 2.02. The highest BCUT2D eigenvalue weighted by molar-refractivity contribution is 4.81. The summed E-state index contributed by atoms with van der Waals surface area (Å²) in [7, 11) is 0. The van der Waals surface area contributed by atoms with Crippen LogP contribution in [0.5, 0.6) is 0 Å². The highest BCUT2D eigenvalue weighted by atomic mass is 19.1. The van der Waals surface area contributed by atoms with Gasteiger partial charge in [-0.25, -0.2) is 4.39 Å². The van der Waals surface area contributed by atoms with Crippen LogP contribution in [0, 0.1) is 11.8 Å². The van der Waals surface area contributed by atoms with Crippen LogP contribution >= 0.6 is 0 Å². The quantitative estimate of drug-likeness (QED) is 0.712. The van der Waals surface area contributed by atoms with Crippen LogP contribution in [-0.2, 0) is 0 Å². The SMILES string of the molecule is FC(CC1CCCNC1)C1CCC1. The molecule has 1 saturated carbocycles. The van der Waals surface area contributed by atoms with E-state index in [1.54, 1.807) is 0 Å². The number of halogens is 1. The Bertz CT molecular complexity index is 150. The van der Waals surface area contributed by atoms with E-state index in [-0.39, 0.29) is 0 Å². The van der Waals surface area contributed by atoms with Gasteiger partial charge in [-0.2, -0.15) is 0 Å². The molecule has 0 spiro atoms. The maximum Gasteiger partial charge on any atom is 0.103 e. The number of rotatable bonds is 3. The number of hydrogen-bond acceptors (Lipinski definition) is 1. The molecule has 0 aromatic heterocycles. The third-order valence-electron chi connectivity index (χ3n) is 3.62. The average molecular weight is 185 g/mol. The van der Waals surface area contributed by atoms with E-state index in [1.165, 1.54) is 19.3 Å². The molecule has 0 amide bonds. The van der Waals surface area contributed by atoms with Gasteiger partial charge in [0.25, 0.3) is 0 Å². The van der Waals surface area contributed by atoms with Gasteiger partial charge in [-0.05, 0) is 57.0 Å². The van der Waals surface area contributed by atoms with Gasteiger partial charge >= 0.3 is 0 Å². The Labute approximate surface area is 80.1 Å². The Hall–Kier alpha value is -0.110. The number of alkyl halides is 1. The Morgan fingerprint density at radius 3 is 2.62 bits per heavy atom. The summed E-state index contributed by atoms with van der Waals surface area (Å²) in [6.45, 7) is 2.18. The maximum absolute atomic E-state index is 13.6. The molecule has 76 valence electrons. The minimum absolute atomic E-state index is 0.418. The molecule has 1 nitrogen and oxygen atoms in total. The second kappa shape index (κ2) is 4.41. The third-order valence-corrected chi connectivity index (χ3v) is 3.62. The predicted octanol–water partition coefficient (Wildman–Crippen LogP) is 2.51. The van der Waals surface area contributed by atoms with Crippen molar-refractivity contribution in [2.75, 3.05) is 13.1 Å². The van der Waals surface area contributed by atoms with Crippen molar-refractivity contribution in [2.24, 2.45) is 11.8 Å². The first-order valence-corrected chi connectivity index (χ1v) is 5.71.